The SMILES string of the molecule is [2H]c1c([2H])c([2H])c(-c2ccc3occ(-c4ccc(Br)cc4)c3c2)c([2H])c1[2H]. The summed E-state index contributed by atoms with van der Waals surface area (Å²) in [5.74, 6) is 0. The predicted octanol–water partition coefficient (Wildman–Crippen LogP) is 6.53. The first-order valence-corrected chi connectivity index (χ1v) is 7.52. The summed E-state index contributed by atoms with van der Waals surface area (Å²) in [5, 5.41) is 0.821. The van der Waals surface area contributed by atoms with Gasteiger partial charge in [-0.1, -0.05) is 64.3 Å². The topological polar surface area (TPSA) is 13.1 Å². The van der Waals surface area contributed by atoms with Crippen LogP contribution in [0.25, 0.3) is 33.2 Å². The minimum absolute atomic E-state index is 0.186. The van der Waals surface area contributed by atoms with Crippen molar-refractivity contribution in [3.63, 3.8) is 0 Å². The molecule has 0 atom stereocenters. The van der Waals surface area contributed by atoms with Gasteiger partial charge in [-0.3, -0.25) is 0 Å². The third kappa shape index (κ3) is 2.36. The Morgan fingerprint density at radius 1 is 0.818 bits per heavy atom. The molecule has 0 N–H and O–H groups in total. The molecule has 0 radical (unpaired) electrons. The third-order valence-electron chi connectivity index (χ3n) is 3.52. The highest BCUT2D eigenvalue weighted by atomic mass is 79.9. The lowest BCUT2D eigenvalue weighted by molar-refractivity contribution is 0.617. The van der Waals surface area contributed by atoms with Gasteiger partial charge in [0.1, 0.15) is 5.58 Å². The Bertz CT molecular complexity index is 1150. The van der Waals surface area contributed by atoms with Crippen molar-refractivity contribution in [1.29, 1.82) is 0 Å². The molecule has 0 amide bonds. The lowest BCUT2D eigenvalue weighted by Gasteiger charge is -2.03. The quantitative estimate of drug-likeness (QED) is 0.399. The van der Waals surface area contributed by atoms with Crippen LogP contribution >= 0.6 is 15.9 Å². The standard InChI is InChI=1S/C20H13BrO/c21-17-9-6-15(7-10-17)19-13-22-20-11-8-16(12-18(19)20)14-4-2-1-3-5-14/h1-13H/i1D,2D,3D,4D,5D. The molecule has 3 aromatic carbocycles. The van der Waals surface area contributed by atoms with E-state index in [-0.39, 0.29) is 29.7 Å². The fraction of sp³-hybridized carbons (Fsp3) is 0. The van der Waals surface area contributed by atoms with E-state index in [1.165, 1.54) is 0 Å². The van der Waals surface area contributed by atoms with Gasteiger partial charge in [0.25, 0.3) is 0 Å². The van der Waals surface area contributed by atoms with Gasteiger partial charge in [-0.25, -0.2) is 0 Å². The number of halogens is 1. The second-order valence-corrected chi connectivity index (χ2v) is 5.78. The first kappa shape index (κ1) is 8.96. The van der Waals surface area contributed by atoms with E-state index in [0.29, 0.717) is 11.1 Å². The van der Waals surface area contributed by atoms with E-state index in [0.717, 1.165) is 21.0 Å². The van der Waals surface area contributed by atoms with E-state index < -0.39 is 6.04 Å². The van der Waals surface area contributed by atoms with Crippen molar-refractivity contribution in [3.8, 4) is 22.3 Å². The Hall–Kier alpha value is -2.32. The van der Waals surface area contributed by atoms with E-state index in [4.69, 9.17) is 11.3 Å². The molecule has 106 valence electrons. The summed E-state index contributed by atoms with van der Waals surface area (Å²) >= 11 is 3.42. The number of furan rings is 1. The first-order valence-electron chi connectivity index (χ1n) is 9.23. The van der Waals surface area contributed by atoms with Crippen LogP contribution in [0.4, 0.5) is 0 Å². The molecule has 1 heterocycles. The van der Waals surface area contributed by atoms with Gasteiger partial charge in [-0.2, -0.15) is 0 Å². The fourth-order valence-electron chi connectivity index (χ4n) is 2.43. The summed E-state index contributed by atoms with van der Waals surface area (Å²) in [6.07, 6.45) is 1.67. The van der Waals surface area contributed by atoms with Crippen molar-refractivity contribution in [1.82, 2.24) is 0 Å². The molecule has 0 unspecified atom stereocenters. The van der Waals surface area contributed by atoms with E-state index in [9.17, 15) is 0 Å². The van der Waals surface area contributed by atoms with Crippen LogP contribution in [0.1, 0.15) is 6.85 Å². The predicted molar refractivity (Wildman–Crippen MR) is 94.8 cm³/mol. The van der Waals surface area contributed by atoms with E-state index in [2.05, 4.69) is 15.9 Å². The molecule has 4 rings (SSSR count). The highest BCUT2D eigenvalue weighted by molar-refractivity contribution is 9.10. The molecule has 0 spiro atoms. The smallest absolute Gasteiger partial charge is 0.134 e. The monoisotopic (exact) mass is 353 g/mol. The second-order valence-electron chi connectivity index (χ2n) is 4.87. The number of benzene rings is 3. The maximum atomic E-state index is 8.18. The Balaban J connectivity index is 1.95. The summed E-state index contributed by atoms with van der Waals surface area (Å²) < 4.78 is 46.5. The van der Waals surface area contributed by atoms with Gasteiger partial charge in [0.05, 0.1) is 13.1 Å². The summed E-state index contributed by atoms with van der Waals surface area (Å²) in [6.45, 7) is 0. The number of fused-ring (bicyclic) bond motifs is 1. The minimum atomic E-state index is -0.395. The molecule has 0 aliphatic rings. The average Bonchev–Trinajstić information content (AvgIpc) is 3.09. The third-order valence-corrected chi connectivity index (χ3v) is 4.05. The minimum Gasteiger partial charge on any atom is -0.464 e. The zero-order valence-corrected chi connectivity index (χ0v) is 13.0. The van der Waals surface area contributed by atoms with Crippen molar-refractivity contribution in [2.45, 2.75) is 0 Å². The Morgan fingerprint density at radius 2 is 1.55 bits per heavy atom. The van der Waals surface area contributed by atoms with Crippen LogP contribution in [0.15, 0.2) is 87.8 Å². The Morgan fingerprint density at radius 3 is 2.32 bits per heavy atom. The van der Waals surface area contributed by atoms with Gasteiger partial charge in [0.15, 0.2) is 0 Å². The van der Waals surface area contributed by atoms with Crippen LogP contribution < -0.4 is 0 Å². The first-order chi connectivity index (χ1) is 12.9. The largest absolute Gasteiger partial charge is 0.464 e. The average molecular weight is 354 g/mol. The highest BCUT2D eigenvalue weighted by Gasteiger charge is 2.09. The fourth-order valence-corrected chi connectivity index (χ4v) is 2.70. The van der Waals surface area contributed by atoms with Crippen LogP contribution in [0.2, 0.25) is 0 Å². The van der Waals surface area contributed by atoms with Gasteiger partial charge in [0.2, 0.25) is 0 Å². The number of rotatable bonds is 2. The van der Waals surface area contributed by atoms with Gasteiger partial charge in [-0.15, -0.1) is 0 Å². The maximum absolute atomic E-state index is 8.18. The Kier molecular flexibility index (Phi) is 2.23. The van der Waals surface area contributed by atoms with E-state index >= 15 is 0 Å². The molecule has 0 bridgehead atoms. The van der Waals surface area contributed by atoms with Gasteiger partial charge in [-0.05, 0) is 41.0 Å². The molecule has 0 fully saturated rings. The summed E-state index contributed by atoms with van der Waals surface area (Å²) in [5.41, 5.74) is 3.26. The van der Waals surface area contributed by atoms with Crippen molar-refractivity contribution in [3.05, 3.63) is 83.4 Å². The van der Waals surface area contributed by atoms with Crippen LogP contribution in [0.3, 0.4) is 0 Å². The molecule has 0 saturated carbocycles. The molecule has 1 aromatic heterocycles. The van der Waals surface area contributed by atoms with E-state index in [1.807, 2.05) is 30.3 Å². The molecule has 1 nitrogen and oxygen atoms in total. The second kappa shape index (κ2) is 5.47. The van der Waals surface area contributed by atoms with Crippen molar-refractivity contribution in [2.24, 2.45) is 0 Å². The lowest BCUT2D eigenvalue weighted by atomic mass is 10.00. The summed E-state index contributed by atoms with van der Waals surface area (Å²) in [7, 11) is 0. The van der Waals surface area contributed by atoms with Crippen LogP contribution in [-0.4, -0.2) is 0 Å². The molecule has 0 aliphatic carbocycles. The van der Waals surface area contributed by atoms with Crippen LogP contribution in [0, 0.1) is 0 Å². The zero-order valence-electron chi connectivity index (χ0n) is 16.4. The molecule has 0 saturated heterocycles. The highest BCUT2D eigenvalue weighted by Crippen LogP contribution is 2.34. The van der Waals surface area contributed by atoms with Crippen molar-refractivity contribution < 1.29 is 11.3 Å². The molecule has 2 heteroatoms. The van der Waals surface area contributed by atoms with Gasteiger partial charge >= 0.3 is 0 Å². The molecular weight excluding hydrogens is 336 g/mol. The van der Waals surface area contributed by atoms with E-state index in [1.54, 1.807) is 18.4 Å². The van der Waals surface area contributed by atoms with Gasteiger partial charge < -0.3 is 4.42 Å². The molecule has 4 aromatic rings. The molecule has 0 aliphatic heterocycles. The zero-order chi connectivity index (χ0) is 19.3. The van der Waals surface area contributed by atoms with Crippen LogP contribution in [0.5, 0.6) is 0 Å². The summed E-state index contributed by atoms with van der Waals surface area (Å²) in [4.78, 5) is 0. The van der Waals surface area contributed by atoms with Crippen LogP contribution in [-0.2, 0) is 0 Å². The number of hydrogen-bond donors (Lipinski definition) is 0. The van der Waals surface area contributed by atoms with Crippen molar-refractivity contribution in [2.75, 3.05) is 0 Å². The number of hydrogen-bond acceptors (Lipinski definition) is 1. The molecular formula is C20H13BrO. The van der Waals surface area contributed by atoms with Crippen molar-refractivity contribution >= 4 is 26.9 Å². The molecule has 22 heavy (non-hydrogen) atoms. The van der Waals surface area contributed by atoms with Gasteiger partial charge in [0, 0.05) is 15.4 Å². The maximum Gasteiger partial charge on any atom is 0.134 e. The Labute approximate surface area is 144 Å². The normalized spacial score (nSPS) is 14.1. The lowest BCUT2D eigenvalue weighted by Crippen LogP contribution is -1.79. The summed E-state index contributed by atoms with van der Waals surface area (Å²) in [6, 6.07) is 11.6.